The summed E-state index contributed by atoms with van der Waals surface area (Å²) in [5, 5.41) is 9.24. The first-order valence-electron chi connectivity index (χ1n) is 26.1. The van der Waals surface area contributed by atoms with Crippen molar-refractivity contribution in [2.45, 2.75) is 5.41 Å². The number of benzene rings is 13. The lowest BCUT2D eigenvalue weighted by Gasteiger charge is -2.34. The summed E-state index contributed by atoms with van der Waals surface area (Å²) in [6.07, 6.45) is 4.51. The van der Waals surface area contributed by atoms with E-state index in [1.165, 1.54) is 86.0 Å². The molecule has 0 saturated carbocycles. The first-order valence-corrected chi connectivity index (χ1v) is 27.2. The summed E-state index contributed by atoms with van der Waals surface area (Å²) in [5.41, 5.74) is 17.8. The van der Waals surface area contributed by atoms with Crippen molar-refractivity contribution in [3.05, 3.63) is 321 Å². The van der Waals surface area contributed by atoms with Crippen molar-refractivity contribution in [1.29, 1.82) is 0 Å². The maximum absolute atomic E-state index is 7.98. The molecule has 14 rings (SSSR count). The Morgan fingerprint density at radius 1 is 0.364 bits per heavy atom. The average Bonchev–Trinajstić information content (AvgIpc) is 3.91. The van der Waals surface area contributed by atoms with Crippen LogP contribution in [0.15, 0.2) is 273 Å². The molecule has 0 saturated heterocycles. The Morgan fingerprint density at radius 3 is 1.48 bits per heavy atom. The number of nitrogens with zero attached hydrogens (tertiary/aromatic N) is 2. The molecule has 2 nitrogen and oxygen atoms in total. The minimum absolute atomic E-state index is 0.620. The zero-order valence-corrected chi connectivity index (χ0v) is 44.1. The van der Waals surface area contributed by atoms with E-state index in [-0.39, 0.29) is 0 Å². The van der Waals surface area contributed by atoms with Crippen LogP contribution in [0.4, 0.5) is 22.7 Å². The molecule has 0 amide bonds. The zero-order valence-electron chi connectivity index (χ0n) is 41.9. The number of fused-ring (bicyclic) bond motifs is 7. The Hall–Kier alpha value is -9.34. The van der Waals surface area contributed by atoms with Gasteiger partial charge in [-0.3, -0.25) is 0 Å². The van der Waals surface area contributed by atoms with Crippen molar-refractivity contribution < 1.29 is 0 Å². The average molecular weight is 1090 g/mol. The molecule has 0 aliphatic heterocycles. The molecule has 0 aromatic heterocycles. The van der Waals surface area contributed by atoms with E-state index < -0.39 is 5.41 Å². The van der Waals surface area contributed by atoms with Gasteiger partial charge >= 0.3 is 0 Å². The predicted octanol–water partition coefficient (Wildman–Crippen LogP) is 20.8. The van der Waals surface area contributed by atoms with Crippen molar-refractivity contribution in [2.24, 2.45) is 0 Å². The molecule has 0 N–H and O–H groups in total. The van der Waals surface area contributed by atoms with Crippen LogP contribution >= 0.6 is 22.6 Å². The number of anilines is 3. The molecule has 1 aliphatic carbocycles. The molecule has 0 bridgehead atoms. The second-order valence-corrected chi connectivity index (χ2v) is 21.2. The van der Waals surface area contributed by atoms with Gasteiger partial charge in [0.2, 0.25) is 0 Å². The molecule has 0 fully saturated rings. The van der Waals surface area contributed by atoms with Crippen molar-refractivity contribution in [1.82, 2.24) is 0 Å². The van der Waals surface area contributed by atoms with E-state index in [2.05, 4.69) is 305 Å². The molecule has 0 heterocycles. The first-order chi connectivity index (χ1) is 38.0. The van der Waals surface area contributed by atoms with Gasteiger partial charge in [0.25, 0.3) is 0 Å². The highest BCUT2D eigenvalue weighted by Gasteiger charge is 2.46. The fourth-order valence-corrected chi connectivity index (χ4v) is 12.7. The van der Waals surface area contributed by atoms with Gasteiger partial charge in [0.15, 0.2) is 5.69 Å². The Labute approximate surface area is 462 Å². The molecule has 0 unspecified atom stereocenters. The maximum Gasteiger partial charge on any atom is 0.194 e. The Kier molecular flexibility index (Phi) is 11.5. The van der Waals surface area contributed by atoms with E-state index in [9.17, 15) is 0 Å². The van der Waals surface area contributed by atoms with Crippen LogP contribution in [-0.2, 0) is 5.41 Å². The molecular formula is C74H47IN2. The van der Waals surface area contributed by atoms with Gasteiger partial charge in [0.05, 0.1) is 12.0 Å². The van der Waals surface area contributed by atoms with Gasteiger partial charge in [0.1, 0.15) is 0 Å². The van der Waals surface area contributed by atoms with E-state index in [0.29, 0.717) is 5.69 Å². The third-order valence-corrected chi connectivity index (χ3v) is 16.5. The highest BCUT2D eigenvalue weighted by molar-refractivity contribution is 14.1. The number of halogens is 1. The topological polar surface area (TPSA) is 7.60 Å². The lowest BCUT2D eigenvalue weighted by molar-refractivity contribution is 0.768. The van der Waals surface area contributed by atoms with Gasteiger partial charge in [-0.2, -0.15) is 0 Å². The standard InChI is InChI=1S/C74H47IN2/c1-76-71-45-44-68(60-22-10-11-23-63(60)71)73-66-26-14-12-24-64(66)72(65-25-13-15-27-67(65)73)53-34-43-62-61-42-32-50(46-69(61)74(70(62)48-53,54-18-4-2-5-19-54)55-20-6-3-7-21-55)29-28-49-30-37-57(38-31-49)77(58-40-35-56(75)36-41-58)59-39-33-51-16-8-9-17-52(51)47-59/h2-48H/b29-28+. The summed E-state index contributed by atoms with van der Waals surface area (Å²) >= 11 is 2.38. The predicted molar refractivity (Wildman–Crippen MR) is 334 cm³/mol. The van der Waals surface area contributed by atoms with E-state index in [1.54, 1.807) is 0 Å². The second-order valence-electron chi connectivity index (χ2n) is 19.9. The van der Waals surface area contributed by atoms with Crippen molar-refractivity contribution in [2.75, 3.05) is 4.90 Å². The summed E-state index contributed by atoms with van der Waals surface area (Å²) in [7, 11) is 0. The second kappa shape index (κ2) is 19.1. The fraction of sp³-hybridized carbons (Fsp3) is 0.0135. The lowest BCUT2D eigenvalue weighted by atomic mass is 9.67. The summed E-state index contributed by atoms with van der Waals surface area (Å²) in [6, 6.07) is 99.7. The summed E-state index contributed by atoms with van der Waals surface area (Å²) < 4.78 is 1.20. The monoisotopic (exact) mass is 1090 g/mol. The van der Waals surface area contributed by atoms with E-state index >= 15 is 0 Å². The maximum atomic E-state index is 7.98. The molecule has 0 atom stereocenters. The smallest absolute Gasteiger partial charge is 0.194 e. The third kappa shape index (κ3) is 7.75. The van der Waals surface area contributed by atoms with Gasteiger partial charge in [-0.1, -0.05) is 224 Å². The Morgan fingerprint density at radius 2 is 0.844 bits per heavy atom. The van der Waals surface area contributed by atoms with Crippen molar-refractivity contribution in [3.8, 4) is 33.4 Å². The van der Waals surface area contributed by atoms with Crippen molar-refractivity contribution >= 4 is 101 Å². The van der Waals surface area contributed by atoms with Crippen LogP contribution < -0.4 is 4.90 Å². The van der Waals surface area contributed by atoms with Crippen LogP contribution in [-0.4, -0.2) is 0 Å². The highest BCUT2D eigenvalue weighted by atomic mass is 127. The number of hydrogen-bond acceptors (Lipinski definition) is 1. The Balaban J connectivity index is 0.902. The molecule has 1 aliphatic rings. The van der Waals surface area contributed by atoms with Gasteiger partial charge in [0, 0.05) is 20.6 Å². The molecule has 13 aromatic carbocycles. The van der Waals surface area contributed by atoms with Gasteiger partial charge in [-0.05, 0) is 193 Å². The minimum Gasteiger partial charge on any atom is -0.310 e. The minimum atomic E-state index is -0.620. The van der Waals surface area contributed by atoms with Crippen LogP contribution in [0, 0.1) is 10.1 Å². The quantitative estimate of drug-likeness (QED) is 0.0605. The molecule has 0 spiro atoms. The fourth-order valence-electron chi connectivity index (χ4n) is 12.4. The van der Waals surface area contributed by atoms with E-state index in [4.69, 9.17) is 6.57 Å². The van der Waals surface area contributed by atoms with Crippen molar-refractivity contribution in [3.63, 3.8) is 0 Å². The van der Waals surface area contributed by atoms with E-state index in [1.807, 2.05) is 12.1 Å². The Bertz CT molecular complexity index is 4420. The summed E-state index contributed by atoms with van der Waals surface area (Å²) in [5.74, 6) is 0. The van der Waals surface area contributed by atoms with Crippen LogP contribution in [0.2, 0.25) is 0 Å². The van der Waals surface area contributed by atoms with Crippen LogP contribution in [0.1, 0.15) is 33.4 Å². The first kappa shape index (κ1) is 46.2. The lowest BCUT2D eigenvalue weighted by Crippen LogP contribution is -2.28. The number of rotatable bonds is 9. The zero-order chi connectivity index (χ0) is 51.5. The summed E-state index contributed by atoms with van der Waals surface area (Å²) in [6.45, 7) is 7.98. The third-order valence-electron chi connectivity index (χ3n) is 15.8. The van der Waals surface area contributed by atoms with Gasteiger partial charge < -0.3 is 4.90 Å². The largest absolute Gasteiger partial charge is 0.310 e. The molecule has 13 aromatic rings. The van der Waals surface area contributed by atoms with Gasteiger partial charge in [-0.25, -0.2) is 4.85 Å². The molecule has 77 heavy (non-hydrogen) atoms. The SMILES string of the molecule is [C-]#[N+]c1ccc(-c2c3ccccc3c(-c3ccc4c(c3)C(c3ccccc3)(c3ccccc3)c3cc(/C=C/c5ccc(N(c6ccc(I)cc6)c6ccc7ccccc7c6)cc5)ccc3-4)c3ccccc23)c2ccccc12. The van der Waals surface area contributed by atoms with Crippen LogP contribution in [0.5, 0.6) is 0 Å². The highest BCUT2D eigenvalue weighted by Crippen LogP contribution is 2.58. The molecule has 0 radical (unpaired) electrons. The van der Waals surface area contributed by atoms with Crippen LogP contribution in [0.25, 0.3) is 93.5 Å². The molecule has 3 heteroatoms. The summed E-state index contributed by atoms with van der Waals surface area (Å²) in [4.78, 5) is 6.25. The van der Waals surface area contributed by atoms with Gasteiger partial charge in [-0.15, -0.1) is 0 Å². The molecule has 360 valence electrons. The van der Waals surface area contributed by atoms with Crippen LogP contribution in [0.3, 0.4) is 0 Å². The number of hydrogen-bond donors (Lipinski definition) is 0. The normalized spacial score (nSPS) is 12.5. The van der Waals surface area contributed by atoms with E-state index in [0.717, 1.165) is 44.5 Å². The molecular weight excluding hydrogens is 1040 g/mol.